The Bertz CT molecular complexity index is 229. The minimum absolute atomic E-state index is 0.179. The van der Waals surface area contributed by atoms with Crippen molar-refractivity contribution in [2.45, 2.75) is 18.5 Å². The molecule has 1 rings (SSSR count). The van der Waals surface area contributed by atoms with Crippen LogP contribution in [0.3, 0.4) is 0 Å². The molecular formula is C7H10NO3P. The molecule has 0 saturated carbocycles. The van der Waals surface area contributed by atoms with E-state index >= 15 is 0 Å². The second kappa shape index (κ2) is 3.76. The van der Waals surface area contributed by atoms with Crippen LogP contribution < -0.4 is 0 Å². The van der Waals surface area contributed by atoms with Gasteiger partial charge in [-0.3, -0.25) is 14.5 Å². The molecule has 2 amide bonds. The van der Waals surface area contributed by atoms with Crippen molar-refractivity contribution < 1.29 is 14.4 Å². The third-order valence-corrected chi connectivity index (χ3v) is 2.27. The highest BCUT2D eigenvalue weighted by Crippen LogP contribution is 2.19. The van der Waals surface area contributed by atoms with Gasteiger partial charge < -0.3 is 4.79 Å². The molecule has 1 fully saturated rings. The zero-order valence-electron chi connectivity index (χ0n) is 6.53. The van der Waals surface area contributed by atoms with Gasteiger partial charge in [0.25, 0.3) is 0 Å². The van der Waals surface area contributed by atoms with E-state index < -0.39 is 0 Å². The lowest BCUT2D eigenvalue weighted by atomic mass is 10.4. The molecule has 0 radical (unpaired) electrons. The average molecular weight is 187 g/mol. The molecule has 12 heavy (non-hydrogen) atoms. The molecule has 0 spiro atoms. The first-order valence-electron chi connectivity index (χ1n) is 3.70. The first-order chi connectivity index (χ1) is 5.66. The Labute approximate surface area is 72.5 Å². The van der Waals surface area contributed by atoms with E-state index in [0.29, 0.717) is 6.29 Å². The molecule has 0 aromatic heterocycles. The minimum atomic E-state index is -0.288. The second-order valence-corrected chi connectivity index (χ2v) is 3.45. The van der Waals surface area contributed by atoms with Crippen molar-refractivity contribution in [1.29, 1.82) is 0 Å². The highest BCUT2D eigenvalue weighted by atomic mass is 31.0. The predicted molar refractivity (Wildman–Crippen MR) is 45.5 cm³/mol. The molecule has 0 bridgehead atoms. The van der Waals surface area contributed by atoms with E-state index in [2.05, 4.69) is 9.24 Å². The number of hydrogen-bond acceptors (Lipinski definition) is 3. The number of carbonyl (C=O) groups excluding carboxylic acids is 3. The lowest BCUT2D eigenvalue weighted by molar-refractivity contribution is -0.138. The smallest absolute Gasteiger partial charge is 0.236 e. The van der Waals surface area contributed by atoms with Crippen LogP contribution in [0.4, 0.5) is 0 Å². The maximum atomic E-state index is 11.2. The average Bonchev–Trinajstić information content (AvgIpc) is 2.25. The van der Waals surface area contributed by atoms with Gasteiger partial charge in [-0.1, -0.05) is 0 Å². The highest BCUT2D eigenvalue weighted by Gasteiger charge is 2.34. The van der Waals surface area contributed by atoms with Gasteiger partial charge in [-0.2, -0.15) is 0 Å². The SMILES string of the molecule is O=CCCN1C(=O)CC(P)C1=O. The number of imide groups is 1. The fourth-order valence-electron chi connectivity index (χ4n) is 1.13. The van der Waals surface area contributed by atoms with E-state index in [1.165, 1.54) is 0 Å². The van der Waals surface area contributed by atoms with Gasteiger partial charge in [0.1, 0.15) is 6.29 Å². The van der Waals surface area contributed by atoms with Crippen molar-refractivity contribution in [2.24, 2.45) is 0 Å². The van der Waals surface area contributed by atoms with Crippen molar-refractivity contribution in [3.63, 3.8) is 0 Å². The van der Waals surface area contributed by atoms with Crippen LogP contribution in [0.2, 0.25) is 0 Å². The van der Waals surface area contributed by atoms with Gasteiger partial charge in [-0.25, -0.2) is 0 Å². The molecule has 0 aromatic carbocycles. The lowest BCUT2D eigenvalue weighted by Gasteiger charge is -2.11. The van der Waals surface area contributed by atoms with Crippen LogP contribution in [0.5, 0.6) is 0 Å². The predicted octanol–water partition coefficient (Wildman–Crippen LogP) is -0.422. The summed E-state index contributed by atoms with van der Waals surface area (Å²) in [6.45, 7) is 0.228. The number of nitrogens with zero attached hydrogens (tertiary/aromatic N) is 1. The van der Waals surface area contributed by atoms with E-state index in [0.717, 1.165) is 4.90 Å². The maximum absolute atomic E-state index is 11.2. The summed E-state index contributed by atoms with van der Waals surface area (Å²) in [5, 5.41) is 0. The Kier molecular flexibility index (Phi) is 2.93. The van der Waals surface area contributed by atoms with E-state index in [9.17, 15) is 14.4 Å². The second-order valence-electron chi connectivity index (χ2n) is 2.65. The molecule has 66 valence electrons. The highest BCUT2D eigenvalue weighted by molar-refractivity contribution is 7.19. The lowest BCUT2D eigenvalue weighted by Crippen LogP contribution is -2.31. The number of aldehydes is 1. The van der Waals surface area contributed by atoms with E-state index in [-0.39, 0.29) is 36.9 Å². The summed E-state index contributed by atoms with van der Waals surface area (Å²) in [5.74, 6) is -0.367. The van der Waals surface area contributed by atoms with Crippen LogP contribution in [-0.4, -0.2) is 35.2 Å². The number of amides is 2. The molecule has 0 aliphatic carbocycles. The molecule has 1 saturated heterocycles. The summed E-state index contributed by atoms with van der Waals surface area (Å²) >= 11 is 0. The monoisotopic (exact) mass is 187 g/mol. The minimum Gasteiger partial charge on any atom is -0.303 e. The van der Waals surface area contributed by atoms with Gasteiger partial charge in [-0.05, 0) is 0 Å². The molecule has 0 aromatic rings. The van der Waals surface area contributed by atoms with Crippen molar-refractivity contribution in [2.75, 3.05) is 6.54 Å². The standard InChI is InChI=1S/C7H10NO3P/c9-3-1-2-8-6(10)4-5(12)7(8)11/h3,5H,1-2,4,12H2. The van der Waals surface area contributed by atoms with Crippen molar-refractivity contribution in [3.8, 4) is 0 Å². The molecule has 2 unspecified atom stereocenters. The third kappa shape index (κ3) is 1.69. The first kappa shape index (κ1) is 9.33. The maximum Gasteiger partial charge on any atom is 0.236 e. The van der Waals surface area contributed by atoms with Gasteiger partial charge in [0.2, 0.25) is 11.8 Å². The Hall–Kier alpha value is -0.760. The summed E-state index contributed by atoms with van der Waals surface area (Å²) < 4.78 is 0. The quantitative estimate of drug-likeness (QED) is 0.342. The molecule has 2 atom stereocenters. The van der Waals surface area contributed by atoms with Crippen LogP contribution in [0.1, 0.15) is 12.8 Å². The summed E-state index contributed by atoms with van der Waals surface area (Å²) in [6.07, 6.45) is 1.19. The summed E-state index contributed by atoms with van der Waals surface area (Å²) in [7, 11) is 2.32. The van der Waals surface area contributed by atoms with E-state index in [4.69, 9.17) is 0 Å². The van der Waals surface area contributed by atoms with Crippen molar-refractivity contribution >= 4 is 27.3 Å². The molecule has 5 heteroatoms. The number of hydrogen-bond donors (Lipinski definition) is 0. The van der Waals surface area contributed by atoms with Gasteiger partial charge in [-0.15, -0.1) is 9.24 Å². The molecular weight excluding hydrogens is 177 g/mol. The summed E-state index contributed by atoms with van der Waals surface area (Å²) in [5.41, 5.74) is -0.288. The number of rotatable bonds is 3. The van der Waals surface area contributed by atoms with Crippen molar-refractivity contribution in [1.82, 2.24) is 4.90 Å². The van der Waals surface area contributed by atoms with Crippen molar-refractivity contribution in [3.05, 3.63) is 0 Å². The Morgan fingerprint density at radius 2 is 2.25 bits per heavy atom. The Morgan fingerprint density at radius 1 is 1.58 bits per heavy atom. The molecule has 0 N–H and O–H groups in total. The molecule has 4 nitrogen and oxygen atoms in total. The zero-order chi connectivity index (χ0) is 9.14. The van der Waals surface area contributed by atoms with Gasteiger partial charge in [0, 0.05) is 19.4 Å². The zero-order valence-corrected chi connectivity index (χ0v) is 7.68. The van der Waals surface area contributed by atoms with Crippen LogP contribution in [0.25, 0.3) is 0 Å². The van der Waals surface area contributed by atoms with Crippen LogP contribution in [0.15, 0.2) is 0 Å². The number of carbonyl (C=O) groups is 3. The fraction of sp³-hybridized carbons (Fsp3) is 0.571. The van der Waals surface area contributed by atoms with Gasteiger partial charge >= 0.3 is 0 Å². The van der Waals surface area contributed by atoms with Crippen LogP contribution in [-0.2, 0) is 14.4 Å². The van der Waals surface area contributed by atoms with Crippen LogP contribution in [0, 0.1) is 0 Å². The Balaban J connectivity index is 2.57. The van der Waals surface area contributed by atoms with E-state index in [1.807, 2.05) is 0 Å². The molecule has 1 aliphatic rings. The topological polar surface area (TPSA) is 54.5 Å². The molecule has 1 aliphatic heterocycles. The Morgan fingerprint density at radius 3 is 2.67 bits per heavy atom. The van der Waals surface area contributed by atoms with Crippen LogP contribution >= 0.6 is 9.24 Å². The fourth-order valence-corrected chi connectivity index (χ4v) is 1.51. The summed E-state index contributed by atoms with van der Waals surface area (Å²) in [4.78, 5) is 33.4. The third-order valence-electron chi connectivity index (χ3n) is 1.75. The van der Waals surface area contributed by atoms with Gasteiger partial charge in [0.15, 0.2) is 0 Å². The van der Waals surface area contributed by atoms with E-state index in [1.54, 1.807) is 0 Å². The van der Waals surface area contributed by atoms with Gasteiger partial charge in [0.05, 0.1) is 5.66 Å². The first-order valence-corrected chi connectivity index (χ1v) is 4.37. The largest absolute Gasteiger partial charge is 0.303 e. The summed E-state index contributed by atoms with van der Waals surface area (Å²) in [6, 6.07) is 0. The normalized spacial score (nSPS) is 23.4. The number of likely N-dealkylation sites (tertiary alicyclic amines) is 1. The molecule has 1 heterocycles.